The van der Waals surface area contributed by atoms with Crippen molar-refractivity contribution in [2.75, 3.05) is 6.54 Å². The Kier molecular flexibility index (Phi) is 3.58. The van der Waals surface area contributed by atoms with E-state index in [9.17, 15) is 12.8 Å². The number of benzene rings is 1. The number of allylic oxidation sites excluding steroid dienone is 2. The number of rotatable bonds is 2. The Labute approximate surface area is 111 Å². The summed E-state index contributed by atoms with van der Waals surface area (Å²) in [5, 5.41) is 12.0. The number of hydrogen-bond acceptors (Lipinski definition) is 4. The number of nitriles is 1. The molecule has 0 amide bonds. The highest BCUT2D eigenvalue weighted by Crippen LogP contribution is 2.27. The molecule has 0 aliphatic carbocycles. The van der Waals surface area contributed by atoms with Crippen LogP contribution in [0.4, 0.5) is 4.39 Å². The van der Waals surface area contributed by atoms with Crippen molar-refractivity contribution in [3.05, 3.63) is 40.2 Å². The van der Waals surface area contributed by atoms with Gasteiger partial charge in [0.05, 0.1) is 0 Å². The number of sulfone groups is 1. The lowest BCUT2D eigenvalue weighted by atomic mass is 10.2. The van der Waals surface area contributed by atoms with Gasteiger partial charge < -0.3 is 5.32 Å². The number of nitrogens with one attached hydrogen (secondary N) is 1. The average Bonchev–Trinajstić information content (AvgIpc) is 2.86. The minimum atomic E-state index is -4.11. The van der Waals surface area contributed by atoms with E-state index >= 15 is 0 Å². The molecule has 1 aromatic carbocycles. The summed E-state index contributed by atoms with van der Waals surface area (Å²) in [7, 11) is -4.11. The average molecular weight is 280 g/mol. The van der Waals surface area contributed by atoms with Gasteiger partial charge in [-0.05, 0) is 37.5 Å². The first-order chi connectivity index (χ1) is 8.96. The molecular formula is C13H13FN2O2S. The largest absolute Gasteiger partial charge is 0.387 e. The molecule has 0 bridgehead atoms. The number of hydrogen-bond donors (Lipinski definition) is 1. The van der Waals surface area contributed by atoms with Crippen LogP contribution in [0.15, 0.2) is 33.7 Å². The molecule has 0 aromatic heterocycles. The summed E-state index contributed by atoms with van der Waals surface area (Å²) >= 11 is 0. The predicted octanol–water partition coefficient (Wildman–Crippen LogP) is 2.03. The van der Waals surface area contributed by atoms with Gasteiger partial charge in [0, 0.05) is 12.2 Å². The minimum absolute atomic E-state index is 0.378. The van der Waals surface area contributed by atoms with E-state index in [1.165, 1.54) is 12.1 Å². The van der Waals surface area contributed by atoms with E-state index in [2.05, 4.69) is 5.32 Å². The van der Waals surface area contributed by atoms with Gasteiger partial charge in [-0.2, -0.15) is 5.26 Å². The van der Waals surface area contributed by atoms with Gasteiger partial charge >= 0.3 is 0 Å². The van der Waals surface area contributed by atoms with E-state index in [1.54, 1.807) is 13.0 Å². The van der Waals surface area contributed by atoms with Gasteiger partial charge in [-0.1, -0.05) is 6.07 Å². The topological polar surface area (TPSA) is 70.0 Å². The van der Waals surface area contributed by atoms with E-state index < -0.39 is 20.5 Å². The fraction of sp³-hybridized carbons (Fsp3) is 0.308. The Morgan fingerprint density at radius 1 is 1.47 bits per heavy atom. The maximum Gasteiger partial charge on any atom is 0.221 e. The maximum atomic E-state index is 13.7. The highest BCUT2D eigenvalue weighted by Gasteiger charge is 2.28. The molecule has 2 rings (SSSR count). The van der Waals surface area contributed by atoms with Crippen LogP contribution in [0.3, 0.4) is 0 Å². The zero-order valence-electron chi connectivity index (χ0n) is 10.4. The Hall–Kier alpha value is -1.87. The van der Waals surface area contributed by atoms with E-state index in [-0.39, 0.29) is 4.91 Å². The molecule has 1 fully saturated rings. The Morgan fingerprint density at radius 2 is 2.21 bits per heavy atom. The minimum Gasteiger partial charge on any atom is -0.387 e. The SMILES string of the molecule is Cc1ccc(F)c(S(=O)(=O)/C(C#N)=C2/CCCN2)c1. The number of nitrogens with zero attached hydrogens (tertiary/aromatic N) is 1. The van der Waals surface area contributed by atoms with Crippen molar-refractivity contribution in [2.45, 2.75) is 24.7 Å². The maximum absolute atomic E-state index is 13.7. The molecule has 0 radical (unpaired) electrons. The van der Waals surface area contributed by atoms with Gasteiger partial charge in [0.2, 0.25) is 9.84 Å². The van der Waals surface area contributed by atoms with Crippen LogP contribution in [0.5, 0.6) is 0 Å². The lowest BCUT2D eigenvalue weighted by Crippen LogP contribution is -2.14. The number of halogens is 1. The molecule has 1 aliphatic heterocycles. The molecular weight excluding hydrogens is 267 g/mol. The first-order valence-corrected chi connectivity index (χ1v) is 7.33. The monoisotopic (exact) mass is 280 g/mol. The van der Waals surface area contributed by atoms with Crippen molar-refractivity contribution in [3.8, 4) is 6.07 Å². The van der Waals surface area contributed by atoms with Crippen LogP contribution in [0.25, 0.3) is 0 Å². The summed E-state index contributed by atoms with van der Waals surface area (Å²) in [5.41, 5.74) is 1.00. The van der Waals surface area contributed by atoms with Crippen molar-refractivity contribution in [3.63, 3.8) is 0 Å². The fourth-order valence-electron chi connectivity index (χ4n) is 2.00. The van der Waals surface area contributed by atoms with Gasteiger partial charge in [-0.15, -0.1) is 0 Å². The van der Waals surface area contributed by atoms with Crippen LogP contribution in [-0.2, 0) is 9.84 Å². The molecule has 100 valence electrons. The normalized spacial score (nSPS) is 17.7. The molecule has 19 heavy (non-hydrogen) atoms. The summed E-state index contributed by atoms with van der Waals surface area (Å²) in [6, 6.07) is 5.53. The quantitative estimate of drug-likeness (QED) is 0.841. The Balaban J connectivity index is 2.62. The molecule has 0 atom stereocenters. The standard InChI is InChI=1S/C13H13FN2O2S/c1-9-4-5-10(14)12(7-9)19(17,18)13(8-15)11-3-2-6-16-11/h4-5,7,16H,2-3,6H2,1H3/b13-11-. The van der Waals surface area contributed by atoms with E-state index in [1.807, 2.05) is 0 Å². The van der Waals surface area contributed by atoms with Gasteiger partial charge in [0.25, 0.3) is 0 Å². The van der Waals surface area contributed by atoms with Crippen molar-refractivity contribution in [1.29, 1.82) is 5.26 Å². The molecule has 0 saturated carbocycles. The molecule has 6 heteroatoms. The molecule has 1 aliphatic rings. The van der Waals surface area contributed by atoms with Crippen molar-refractivity contribution >= 4 is 9.84 Å². The summed E-state index contributed by atoms with van der Waals surface area (Å²) < 4.78 is 38.4. The first kappa shape index (κ1) is 13.6. The van der Waals surface area contributed by atoms with E-state index in [4.69, 9.17) is 5.26 Å². The van der Waals surface area contributed by atoms with Crippen LogP contribution < -0.4 is 5.32 Å². The molecule has 1 heterocycles. The molecule has 4 nitrogen and oxygen atoms in total. The van der Waals surface area contributed by atoms with Crippen LogP contribution in [-0.4, -0.2) is 15.0 Å². The molecule has 0 spiro atoms. The highest BCUT2D eigenvalue weighted by molar-refractivity contribution is 7.95. The molecule has 1 N–H and O–H groups in total. The van der Waals surface area contributed by atoms with Crippen LogP contribution >= 0.6 is 0 Å². The summed E-state index contributed by atoms with van der Waals surface area (Å²) in [5.74, 6) is -0.836. The highest BCUT2D eigenvalue weighted by atomic mass is 32.2. The second-order valence-corrected chi connectivity index (χ2v) is 6.24. The van der Waals surface area contributed by atoms with Crippen LogP contribution in [0.2, 0.25) is 0 Å². The van der Waals surface area contributed by atoms with Crippen LogP contribution in [0, 0.1) is 24.1 Å². The Bertz CT molecular complexity index is 679. The lowest BCUT2D eigenvalue weighted by molar-refractivity contribution is 0.570. The fourth-order valence-corrected chi connectivity index (χ4v) is 3.51. The van der Waals surface area contributed by atoms with Gasteiger partial charge in [0.15, 0.2) is 4.91 Å². The first-order valence-electron chi connectivity index (χ1n) is 5.85. The van der Waals surface area contributed by atoms with Crippen LogP contribution in [0.1, 0.15) is 18.4 Å². The third kappa shape index (κ3) is 2.47. The second-order valence-electron chi connectivity index (χ2n) is 4.39. The molecule has 1 saturated heterocycles. The van der Waals surface area contributed by atoms with E-state index in [0.717, 1.165) is 12.5 Å². The number of aryl methyl sites for hydroxylation is 1. The lowest BCUT2D eigenvalue weighted by Gasteiger charge is -2.08. The van der Waals surface area contributed by atoms with Gasteiger partial charge in [-0.3, -0.25) is 0 Å². The summed E-state index contributed by atoms with van der Waals surface area (Å²) in [6.07, 6.45) is 1.27. The zero-order chi connectivity index (χ0) is 14.0. The van der Waals surface area contributed by atoms with Gasteiger partial charge in [0.1, 0.15) is 16.8 Å². The summed E-state index contributed by atoms with van der Waals surface area (Å²) in [4.78, 5) is -0.820. The smallest absolute Gasteiger partial charge is 0.221 e. The second kappa shape index (κ2) is 5.02. The molecule has 0 unspecified atom stereocenters. The Morgan fingerprint density at radius 3 is 2.79 bits per heavy atom. The van der Waals surface area contributed by atoms with Crippen molar-refractivity contribution in [2.24, 2.45) is 0 Å². The third-order valence-electron chi connectivity index (χ3n) is 2.96. The van der Waals surface area contributed by atoms with E-state index in [0.29, 0.717) is 24.2 Å². The van der Waals surface area contributed by atoms with Crippen molar-refractivity contribution in [1.82, 2.24) is 5.32 Å². The summed E-state index contributed by atoms with van der Waals surface area (Å²) in [6.45, 7) is 2.30. The molecule has 1 aromatic rings. The zero-order valence-corrected chi connectivity index (χ0v) is 11.2. The van der Waals surface area contributed by atoms with Crippen molar-refractivity contribution < 1.29 is 12.8 Å². The third-order valence-corrected chi connectivity index (χ3v) is 4.73. The van der Waals surface area contributed by atoms with Gasteiger partial charge in [-0.25, -0.2) is 12.8 Å². The predicted molar refractivity (Wildman–Crippen MR) is 68.2 cm³/mol.